The predicted molar refractivity (Wildman–Crippen MR) is 107 cm³/mol. The molecule has 0 saturated carbocycles. The van der Waals surface area contributed by atoms with Crippen molar-refractivity contribution >= 4 is 35.6 Å². The number of carbonyl (C=O) groups excluding carboxylic acids is 1. The Hall–Kier alpha value is -1.87. The largest absolute Gasteiger partial charge is 0.469 e. The van der Waals surface area contributed by atoms with Crippen LogP contribution < -0.4 is 5.19 Å². The van der Waals surface area contributed by atoms with E-state index in [9.17, 15) is 4.79 Å². The quantitative estimate of drug-likeness (QED) is 0.560. The Balaban J connectivity index is 2.96. The van der Waals surface area contributed by atoms with Crippen molar-refractivity contribution in [3.63, 3.8) is 0 Å². The number of rotatable bonds is 5. The maximum absolute atomic E-state index is 12.4. The number of esters is 1. The molecule has 3 heteroatoms. The summed E-state index contributed by atoms with van der Waals surface area (Å²) in [6.45, 7) is 15.3. The van der Waals surface area contributed by atoms with Crippen molar-refractivity contribution in [3.8, 4) is 0 Å². The van der Waals surface area contributed by atoms with Crippen LogP contribution in [0, 0.1) is 0 Å². The Labute approximate surface area is 146 Å². The molecule has 0 aliphatic heterocycles. The molecule has 0 fully saturated rings. The first kappa shape index (κ1) is 18.5. The monoisotopic (exact) mass is 340 g/mol. The molecular weight excluding hydrogens is 312 g/mol. The maximum atomic E-state index is 12.4. The molecule has 128 valence electrons. The summed E-state index contributed by atoms with van der Waals surface area (Å²) in [6.07, 6.45) is 0.712. The van der Waals surface area contributed by atoms with Crippen LogP contribution in [0.25, 0.3) is 16.3 Å². The number of hydrogen-bond acceptors (Lipinski definition) is 2. The minimum absolute atomic E-state index is 0.175. The van der Waals surface area contributed by atoms with E-state index >= 15 is 0 Å². The zero-order valence-corrected chi connectivity index (χ0v) is 16.7. The van der Waals surface area contributed by atoms with Crippen molar-refractivity contribution in [1.82, 2.24) is 0 Å². The van der Waals surface area contributed by atoms with E-state index in [-0.39, 0.29) is 11.9 Å². The smallest absolute Gasteiger partial charge is 0.313 e. The van der Waals surface area contributed by atoms with Gasteiger partial charge in [-0.2, -0.15) is 0 Å². The van der Waals surface area contributed by atoms with Crippen LogP contribution in [0.5, 0.6) is 0 Å². The molecular formula is C21H28O2Si. The maximum Gasteiger partial charge on any atom is 0.313 e. The number of ether oxygens (including phenoxy) is 1. The molecule has 0 aromatic heterocycles. The second kappa shape index (κ2) is 6.94. The lowest BCUT2D eigenvalue weighted by molar-refractivity contribution is -0.142. The molecule has 0 aliphatic carbocycles. The topological polar surface area (TPSA) is 26.3 Å². The summed E-state index contributed by atoms with van der Waals surface area (Å²) in [5.41, 5.74) is 3.16. The highest BCUT2D eigenvalue weighted by Crippen LogP contribution is 2.35. The Kier molecular flexibility index (Phi) is 5.34. The van der Waals surface area contributed by atoms with Gasteiger partial charge < -0.3 is 4.74 Å². The highest BCUT2D eigenvalue weighted by atomic mass is 28.3. The van der Waals surface area contributed by atoms with E-state index < -0.39 is 8.07 Å². The molecule has 24 heavy (non-hydrogen) atoms. The second-order valence-electron chi connectivity index (χ2n) is 7.45. The van der Waals surface area contributed by atoms with Crippen molar-refractivity contribution in [2.45, 2.75) is 45.8 Å². The molecule has 2 aromatic carbocycles. The fraction of sp³-hybridized carbons (Fsp3) is 0.381. The number of carbonyl (C=O) groups is 1. The Bertz CT molecular complexity index is 784. The summed E-state index contributed by atoms with van der Waals surface area (Å²) in [6, 6.07) is 10.7. The SMILES string of the molecule is C=C(C)c1cc([Si](C)(C)C)c2ccccc2c1C(CC)C(=O)OC. The molecule has 1 unspecified atom stereocenters. The minimum atomic E-state index is -1.54. The van der Waals surface area contributed by atoms with E-state index in [1.165, 1.54) is 17.7 Å². The van der Waals surface area contributed by atoms with Gasteiger partial charge in [0.15, 0.2) is 0 Å². The zero-order chi connectivity index (χ0) is 18.1. The van der Waals surface area contributed by atoms with Crippen molar-refractivity contribution in [2.24, 2.45) is 0 Å². The Morgan fingerprint density at radius 1 is 1.21 bits per heavy atom. The van der Waals surface area contributed by atoms with Gasteiger partial charge in [-0.15, -0.1) is 0 Å². The molecule has 0 aliphatic rings. The molecule has 0 heterocycles. The first-order valence-electron chi connectivity index (χ1n) is 8.52. The van der Waals surface area contributed by atoms with Crippen LogP contribution in [0.4, 0.5) is 0 Å². The highest BCUT2D eigenvalue weighted by Gasteiger charge is 2.28. The highest BCUT2D eigenvalue weighted by molar-refractivity contribution is 6.90. The van der Waals surface area contributed by atoms with E-state index in [2.05, 4.69) is 50.5 Å². The van der Waals surface area contributed by atoms with E-state index in [0.717, 1.165) is 22.1 Å². The third-order valence-corrected chi connectivity index (χ3v) is 6.63. The molecule has 1 atom stereocenters. The predicted octanol–water partition coefficient (Wildman–Crippen LogP) is 5.08. The molecule has 2 nitrogen and oxygen atoms in total. The van der Waals surface area contributed by atoms with E-state index in [0.29, 0.717) is 6.42 Å². The number of benzene rings is 2. The fourth-order valence-corrected chi connectivity index (χ4v) is 4.98. The molecule has 0 radical (unpaired) electrons. The van der Waals surface area contributed by atoms with Crippen LogP contribution in [0.2, 0.25) is 19.6 Å². The summed E-state index contributed by atoms with van der Waals surface area (Å²) in [7, 11) is -0.0733. The van der Waals surface area contributed by atoms with Crippen LogP contribution in [-0.2, 0) is 9.53 Å². The van der Waals surface area contributed by atoms with E-state index in [1.54, 1.807) is 0 Å². The van der Waals surface area contributed by atoms with Gasteiger partial charge in [0.1, 0.15) is 0 Å². The standard InChI is InChI=1S/C21H28O2Si/c1-8-15(21(22)23-4)20-17-12-10-9-11-16(17)19(24(5,6)7)13-18(20)14(2)3/h9-13,15H,2,8H2,1,3-7H3. The lowest BCUT2D eigenvalue weighted by Crippen LogP contribution is -2.39. The molecule has 2 rings (SSSR count). The Morgan fingerprint density at radius 2 is 1.79 bits per heavy atom. The first-order chi connectivity index (χ1) is 11.2. The number of allylic oxidation sites excluding steroid dienone is 1. The molecule has 0 spiro atoms. The zero-order valence-electron chi connectivity index (χ0n) is 15.7. The summed E-state index contributed by atoms with van der Waals surface area (Å²) in [5, 5.41) is 3.84. The summed E-state index contributed by atoms with van der Waals surface area (Å²) in [5.74, 6) is -0.437. The molecule has 0 bridgehead atoms. The lowest BCUT2D eigenvalue weighted by Gasteiger charge is -2.26. The number of hydrogen-bond donors (Lipinski definition) is 0. The number of methoxy groups -OCH3 is 1. The van der Waals surface area contributed by atoms with Crippen LogP contribution in [-0.4, -0.2) is 21.2 Å². The van der Waals surface area contributed by atoms with Crippen molar-refractivity contribution in [1.29, 1.82) is 0 Å². The summed E-state index contributed by atoms with van der Waals surface area (Å²) in [4.78, 5) is 12.4. The molecule has 0 saturated heterocycles. The normalized spacial score (nSPS) is 12.9. The minimum Gasteiger partial charge on any atom is -0.469 e. The van der Waals surface area contributed by atoms with Gasteiger partial charge in [-0.25, -0.2) is 0 Å². The first-order valence-corrected chi connectivity index (χ1v) is 12.0. The van der Waals surface area contributed by atoms with Gasteiger partial charge in [-0.3, -0.25) is 4.79 Å². The van der Waals surface area contributed by atoms with Gasteiger partial charge in [-0.1, -0.05) is 74.2 Å². The fourth-order valence-electron chi connectivity index (χ4n) is 3.38. The summed E-state index contributed by atoms with van der Waals surface area (Å²) >= 11 is 0. The van der Waals surface area contributed by atoms with Gasteiger partial charge in [0.25, 0.3) is 0 Å². The molecule has 0 N–H and O–H groups in total. The van der Waals surface area contributed by atoms with Gasteiger partial charge in [0.2, 0.25) is 0 Å². The number of fused-ring (bicyclic) bond motifs is 1. The lowest BCUT2D eigenvalue weighted by atomic mass is 9.85. The second-order valence-corrected chi connectivity index (χ2v) is 12.5. The summed E-state index contributed by atoms with van der Waals surface area (Å²) < 4.78 is 5.08. The Morgan fingerprint density at radius 3 is 2.25 bits per heavy atom. The van der Waals surface area contributed by atoms with Crippen molar-refractivity contribution in [2.75, 3.05) is 7.11 Å². The molecule has 2 aromatic rings. The van der Waals surface area contributed by atoms with Gasteiger partial charge >= 0.3 is 5.97 Å². The van der Waals surface area contributed by atoms with Gasteiger partial charge in [0.05, 0.1) is 21.1 Å². The third-order valence-electron chi connectivity index (χ3n) is 4.60. The average Bonchev–Trinajstić information content (AvgIpc) is 2.53. The van der Waals surface area contributed by atoms with Crippen molar-refractivity contribution < 1.29 is 9.53 Å². The molecule has 0 amide bonds. The van der Waals surface area contributed by atoms with Crippen LogP contribution in [0.15, 0.2) is 36.9 Å². The van der Waals surface area contributed by atoms with Crippen LogP contribution in [0.1, 0.15) is 37.3 Å². The van der Waals surface area contributed by atoms with Gasteiger partial charge in [0, 0.05) is 0 Å². The van der Waals surface area contributed by atoms with Crippen molar-refractivity contribution in [3.05, 3.63) is 48.0 Å². The average molecular weight is 341 g/mol. The van der Waals surface area contributed by atoms with Gasteiger partial charge in [-0.05, 0) is 35.2 Å². The third kappa shape index (κ3) is 3.32. The van der Waals surface area contributed by atoms with Crippen LogP contribution >= 0.6 is 0 Å². The van der Waals surface area contributed by atoms with Crippen LogP contribution in [0.3, 0.4) is 0 Å². The van der Waals surface area contributed by atoms with E-state index in [1.807, 2.05) is 19.9 Å². The van der Waals surface area contributed by atoms with E-state index in [4.69, 9.17) is 4.74 Å².